The summed E-state index contributed by atoms with van der Waals surface area (Å²) in [5, 5.41) is 0. The van der Waals surface area contributed by atoms with Gasteiger partial charge >= 0.3 is 0 Å². The second-order valence-corrected chi connectivity index (χ2v) is 8.40. The van der Waals surface area contributed by atoms with Crippen molar-refractivity contribution in [1.82, 2.24) is 0 Å². The molecule has 0 aromatic carbocycles. The predicted molar refractivity (Wildman–Crippen MR) is 91.3 cm³/mol. The number of rotatable bonds is 0. The Balaban J connectivity index is 2.08. The van der Waals surface area contributed by atoms with Crippen LogP contribution in [0.4, 0.5) is 0 Å². The zero-order valence-electron chi connectivity index (χ0n) is 14.7. The molecule has 2 fully saturated rings. The van der Waals surface area contributed by atoms with E-state index in [4.69, 9.17) is 0 Å². The van der Waals surface area contributed by atoms with Gasteiger partial charge in [0.2, 0.25) is 0 Å². The van der Waals surface area contributed by atoms with Crippen LogP contribution in [0.3, 0.4) is 0 Å². The SMILES string of the molecule is CCC#C[C@]12CCCC=C1[C@@]1(C)CCC(=O)C(C)(C)C1CC2. The summed E-state index contributed by atoms with van der Waals surface area (Å²) in [6.45, 7) is 8.95. The Hall–Kier alpha value is -1.03. The molecule has 3 atom stereocenters. The Morgan fingerprint density at radius 1 is 1.23 bits per heavy atom. The number of hydrogen-bond donors (Lipinski definition) is 0. The maximum Gasteiger partial charge on any atom is 0.138 e. The van der Waals surface area contributed by atoms with Gasteiger partial charge in [-0.1, -0.05) is 39.7 Å². The van der Waals surface area contributed by atoms with E-state index in [9.17, 15) is 4.79 Å². The third kappa shape index (κ3) is 2.10. The smallest absolute Gasteiger partial charge is 0.138 e. The topological polar surface area (TPSA) is 17.1 Å². The fourth-order valence-electron chi connectivity index (χ4n) is 5.72. The number of allylic oxidation sites excluding steroid dienone is 2. The van der Waals surface area contributed by atoms with E-state index in [1.54, 1.807) is 5.57 Å². The number of ketones is 1. The van der Waals surface area contributed by atoms with Crippen molar-refractivity contribution in [2.45, 2.75) is 79.1 Å². The molecule has 0 amide bonds. The molecule has 1 heteroatoms. The van der Waals surface area contributed by atoms with Crippen LogP contribution in [-0.2, 0) is 4.79 Å². The molecule has 3 rings (SSSR count). The third-order valence-electron chi connectivity index (χ3n) is 6.88. The zero-order chi connectivity index (χ0) is 16.0. The van der Waals surface area contributed by atoms with E-state index in [1.807, 2.05) is 0 Å². The van der Waals surface area contributed by atoms with Gasteiger partial charge in [0.15, 0.2) is 0 Å². The molecule has 120 valence electrons. The van der Waals surface area contributed by atoms with Crippen molar-refractivity contribution in [3.8, 4) is 11.8 Å². The van der Waals surface area contributed by atoms with E-state index < -0.39 is 0 Å². The van der Waals surface area contributed by atoms with Crippen LogP contribution in [0, 0.1) is 34.0 Å². The van der Waals surface area contributed by atoms with E-state index in [0.717, 1.165) is 32.1 Å². The van der Waals surface area contributed by atoms with Gasteiger partial charge in [-0.2, -0.15) is 0 Å². The summed E-state index contributed by atoms with van der Waals surface area (Å²) >= 11 is 0. The Bertz CT molecular complexity index is 570. The molecule has 0 aliphatic heterocycles. The van der Waals surface area contributed by atoms with Crippen LogP contribution in [0.25, 0.3) is 0 Å². The molecule has 22 heavy (non-hydrogen) atoms. The predicted octanol–water partition coefficient (Wildman–Crippen LogP) is 5.30. The molecule has 0 aromatic heterocycles. The van der Waals surface area contributed by atoms with Gasteiger partial charge in [0.05, 0.1) is 5.41 Å². The summed E-state index contributed by atoms with van der Waals surface area (Å²) in [6, 6.07) is 0. The molecule has 2 saturated carbocycles. The number of fused-ring (bicyclic) bond motifs is 3. The lowest BCUT2D eigenvalue weighted by molar-refractivity contribution is -0.141. The first-order valence-corrected chi connectivity index (χ1v) is 9.11. The highest BCUT2D eigenvalue weighted by Crippen LogP contribution is 2.65. The molecular formula is C21H30O. The number of carbonyl (C=O) groups excluding carboxylic acids is 1. The van der Waals surface area contributed by atoms with Crippen LogP contribution in [0.2, 0.25) is 0 Å². The van der Waals surface area contributed by atoms with E-state index in [2.05, 4.69) is 45.6 Å². The highest BCUT2D eigenvalue weighted by atomic mass is 16.1. The van der Waals surface area contributed by atoms with Crippen molar-refractivity contribution in [1.29, 1.82) is 0 Å². The molecule has 1 unspecified atom stereocenters. The van der Waals surface area contributed by atoms with Gasteiger partial charge in [0.1, 0.15) is 5.78 Å². The molecule has 0 radical (unpaired) electrons. The van der Waals surface area contributed by atoms with Gasteiger partial charge in [-0.3, -0.25) is 4.79 Å². The summed E-state index contributed by atoms with van der Waals surface area (Å²) < 4.78 is 0. The van der Waals surface area contributed by atoms with Gasteiger partial charge in [-0.05, 0) is 55.4 Å². The third-order valence-corrected chi connectivity index (χ3v) is 6.88. The van der Waals surface area contributed by atoms with Gasteiger partial charge in [0, 0.05) is 18.3 Å². The van der Waals surface area contributed by atoms with Crippen molar-refractivity contribution < 1.29 is 4.79 Å². The van der Waals surface area contributed by atoms with Crippen molar-refractivity contribution in [2.75, 3.05) is 0 Å². The second-order valence-electron chi connectivity index (χ2n) is 8.40. The highest BCUT2D eigenvalue weighted by molar-refractivity contribution is 5.85. The minimum atomic E-state index is -0.171. The van der Waals surface area contributed by atoms with E-state index in [-0.39, 0.29) is 16.2 Å². The maximum absolute atomic E-state index is 12.5. The highest BCUT2D eigenvalue weighted by Gasteiger charge is 2.58. The molecule has 0 saturated heterocycles. The van der Waals surface area contributed by atoms with Crippen molar-refractivity contribution in [3.05, 3.63) is 11.6 Å². The number of Topliss-reactive ketones (excluding diaryl/α,β-unsaturated/α-hetero) is 1. The van der Waals surface area contributed by atoms with Crippen LogP contribution in [0.15, 0.2) is 11.6 Å². The fourth-order valence-corrected chi connectivity index (χ4v) is 5.72. The largest absolute Gasteiger partial charge is 0.299 e. The van der Waals surface area contributed by atoms with Crippen molar-refractivity contribution >= 4 is 5.78 Å². The molecule has 0 aromatic rings. The molecule has 0 bridgehead atoms. The zero-order valence-corrected chi connectivity index (χ0v) is 14.7. The van der Waals surface area contributed by atoms with E-state index in [1.165, 1.54) is 19.3 Å². The van der Waals surface area contributed by atoms with Crippen LogP contribution in [-0.4, -0.2) is 5.78 Å². The summed E-state index contributed by atoms with van der Waals surface area (Å²) in [4.78, 5) is 12.5. The molecule has 1 nitrogen and oxygen atoms in total. The number of hydrogen-bond acceptors (Lipinski definition) is 1. The van der Waals surface area contributed by atoms with Gasteiger partial charge in [-0.15, -0.1) is 5.92 Å². The normalized spacial score (nSPS) is 39.9. The molecule has 3 aliphatic carbocycles. The Morgan fingerprint density at radius 3 is 2.73 bits per heavy atom. The monoisotopic (exact) mass is 298 g/mol. The van der Waals surface area contributed by atoms with Crippen molar-refractivity contribution in [3.63, 3.8) is 0 Å². The lowest BCUT2D eigenvalue weighted by Gasteiger charge is -2.59. The summed E-state index contributed by atoms with van der Waals surface area (Å²) in [6.07, 6.45) is 11.2. The number of carbonyl (C=O) groups is 1. The van der Waals surface area contributed by atoms with Gasteiger partial charge < -0.3 is 0 Å². The first-order valence-electron chi connectivity index (χ1n) is 9.11. The lowest BCUT2D eigenvalue weighted by Crippen LogP contribution is -2.54. The Kier molecular flexibility index (Phi) is 3.79. The standard InChI is InChI=1S/C21H30O/c1-5-6-12-21-13-8-7-9-17(21)20(4)14-11-18(22)19(2,3)16(20)10-15-21/h9,16H,5,7-8,10-11,13-15H2,1-4H3/t16?,20-,21+/m0/s1. The van der Waals surface area contributed by atoms with E-state index in [0.29, 0.717) is 11.7 Å². The quantitative estimate of drug-likeness (QED) is 0.438. The molecule has 0 spiro atoms. The Labute approximate surface area is 135 Å². The Morgan fingerprint density at radius 2 is 2.00 bits per heavy atom. The first-order chi connectivity index (χ1) is 10.4. The molecule has 0 N–H and O–H groups in total. The second kappa shape index (κ2) is 5.26. The van der Waals surface area contributed by atoms with Crippen LogP contribution >= 0.6 is 0 Å². The molecule has 0 heterocycles. The lowest BCUT2D eigenvalue weighted by atomic mass is 9.44. The summed E-state index contributed by atoms with van der Waals surface area (Å²) in [5.74, 6) is 8.03. The van der Waals surface area contributed by atoms with Gasteiger partial charge in [0.25, 0.3) is 0 Å². The van der Waals surface area contributed by atoms with Crippen LogP contribution in [0.1, 0.15) is 79.1 Å². The van der Waals surface area contributed by atoms with E-state index >= 15 is 0 Å². The summed E-state index contributed by atoms with van der Waals surface area (Å²) in [5.41, 5.74) is 1.73. The van der Waals surface area contributed by atoms with Crippen molar-refractivity contribution in [2.24, 2.45) is 22.2 Å². The minimum absolute atomic E-state index is 0.121. The maximum atomic E-state index is 12.5. The fraction of sp³-hybridized carbons (Fsp3) is 0.762. The minimum Gasteiger partial charge on any atom is -0.299 e. The average molecular weight is 298 g/mol. The average Bonchev–Trinajstić information content (AvgIpc) is 2.50. The molecular weight excluding hydrogens is 268 g/mol. The summed E-state index contributed by atoms with van der Waals surface area (Å²) in [7, 11) is 0. The first kappa shape index (κ1) is 15.9. The van der Waals surface area contributed by atoms with Crippen LogP contribution < -0.4 is 0 Å². The molecule has 3 aliphatic rings. The van der Waals surface area contributed by atoms with Gasteiger partial charge in [-0.25, -0.2) is 0 Å². The van der Waals surface area contributed by atoms with Crippen LogP contribution in [0.5, 0.6) is 0 Å².